The molecule has 0 saturated heterocycles. The molecule has 0 spiro atoms. The van der Waals surface area contributed by atoms with Crippen LogP contribution in [0.25, 0.3) is 0 Å². The highest BCUT2D eigenvalue weighted by molar-refractivity contribution is 7.89. The molecular formula is C18H19ClF3N3O3S. The molecule has 11 heteroatoms. The van der Waals surface area contributed by atoms with Gasteiger partial charge in [0.25, 0.3) is 0 Å². The number of halogens is 4. The van der Waals surface area contributed by atoms with Crippen molar-refractivity contribution in [1.29, 1.82) is 0 Å². The lowest BCUT2D eigenvalue weighted by Gasteiger charge is -2.16. The third-order valence-electron chi connectivity index (χ3n) is 3.96. The van der Waals surface area contributed by atoms with Crippen LogP contribution in [-0.4, -0.2) is 39.3 Å². The van der Waals surface area contributed by atoms with Gasteiger partial charge in [0, 0.05) is 24.8 Å². The van der Waals surface area contributed by atoms with Crippen LogP contribution in [0.15, 0.2) is 41.3 Å². The van der Waals surface area contributed by atoms with Gasteiger partial charge in [0.15, 0.2) is 0 Å². The molecule has 0 aliphatic carbocycles. The quantitative estimate of drug-likeness (QED) is 0.699. The second-order valence-electron chi connectivity index (χ2n) is 6.36. The van der Waals surface area contributed by atoms with Crippen LogP contribution in [0.3, 0.4) is 0 Å². The molecule has 2 N–H and O–H groups in total. The molecule has 6 nitrogen and oxygen atoms in total. The summed E-state index contributed by atoms with van der Waals surface area (Å²) in [7, 11) is -0.897. The molecule has 1 amide bonds. The van der Waals surface area contributed by atoms with Crippen LogP contribution in [-0.2, 0) is 21.0 Å². The number of sulfonamides is 1. The van der Waals surface area contributed by atoms with Crippen LogP contribution in [0, 0.1) is 6.92 Å². The minimum absolute atomic E-state index is 0.0602. The fraction of sp³-hybridized carbons (Fsp3) is 0.278. The number of anilines is 2. The van der Waals surface area contributed by atoms with Gasteiger partial charge >= 0.3 is 6.18 Å². The van der Waals surface area contributed by atoms with E-state index in [1.165, 1.54) is 26.2 Å². The molecule has 0 radical (unpaired) electrons. The summed E-state index contributed by atoms with van der Waals surface area (Å²) in [6.07, 6.45) is -4.69. The minimum Gasteiger partial charge on any atom is -0.376 e. The summed E-state index contributed by atoms with van der Waals surface area (Å²) in [5, 5.41) is 4.78. The van der Waals surface area contributed by atoms with Gasteiger partial charge in [0.2, 0.25) is 15.9 Å². The molecule has 2 aromatic carbocycles. The number of nitrogens with one attached hydrogen (secondary N) is 2. The molecule has 2 rings (SSSR count). The first-order valence-electron chi connectivity index (χ1n) is 8.26. The number of amides is 1. The Balaban J connectivity index is 2.15. The van der Waals surface area contributed by atoms with Crippen molar-refractivity contribution in [3.05, 3.63) is 52.5 Å². The predicted octanol–water partition coefficient (Wildman–Crippen LogP) is 3.97. The van der Waals surface area contributed by atoms with Crippen molar-refractivity contribution in [1.82, 2.24) is 4.31 Å². The zero-order valence-corrected chi connectivity index (χ0v) is 17.3. The lowest BCUT2D eigenvalue weighted by molar-refractivity contribution is -0.137. The van der Waals surface area contributed by atoms with Crippen LogP contribution < -0.4 is 10.6 Å². The van der Waals surface area contributed by atoms with Crippen molar-refractivity contribution in [2.75, 3.05) is 31.3 Å². The Kier molecular flexibility index (Phi) is 6.82. The molecule has 0 aliphatic rings. The van der Waals surface area contributed by atoms with Crippen LogP contribution in [0.1, 0.15) is 11.1 Å². The molecule has 0 bridgehead atoms. The zero-order chi connectivity index (χ0) is 22.0. The molecule has 158 valence electrons. The predicted molar refractivity (Wildman–Crippen MR) is 106 cm³/mol. The minimum atomic E-state index is -4.69. The summed E-state index contributed by atoms with van der Waals surface area (Å²) < 4.78 is 65.1. The average molecular weight is 450 g/mol. The highest BCUT2D eigenvalue weighted by Crippen LogP contribution is 2.36. The number of carbonyl (C=O) groups excluding carboxylic acids is 1. The first kappa shape index (κ1) is 23.0. The van der Waals surface area contributed by atoms with Crippen molar-refractivity contribution in [2.45, 2.75) is 18.0 Å². The van der Waals surface area contributed by atoms with Gasteiger partial charge < -0.3 is 10.6 Å². The van der Waals surface area contributed by atoms with Gasteiger partial charge in [-0.05, 0) is 42.8 Å². The molecule has 0 fully saturated rings. The highest BCUT2D eigenvalue weighted by Gasteiger charge is 2.34. The van der Waals surface area contributed by atoms with Gasteiger partial charge in [0.1, 0.15) is 0 Å². The molecule has 0 atom stereocenters. The Hall–Kier alpha value is -2.30. The SMILES string of the molecule is Cc1ccc(NCC(=O)Nc2ccc(Cl)cc2C(F)(F)F)cc1S(=O)(=O)N(C)C. The second-order valence-corrected chi connectivity index (χ2v) is 8.91. The highest BCUT2D eigenvalue weighted by atomic mass is 35.5. The second kappa shape index (κ2) is 8.60. The largest absolute Gasteiger partial charge is 0.418 e. The van der Waals surface area contributed by atoms with Gasteiger partial charge in [-0.1, -0.05) is 17.7 Å². The van der Waals surface area contributed by atoms with E-state index in [2.05, 4.69) is 10.6 Å². The first-order chi connectivity index (χ1) is 13.3. The third kappa shape index (κ3) is 5.62. The summed E-state index contributed by atoms with van der Waals surface area (Å²) in [5.41, 5.74) is -0.635. The van der Waals surface area contributed by atoms with Crippen LogP contribution in [0.5, 0.6) is 0 Å². The zero-order valence-electron chi connectivity index (χ0n) is 15.8. The fourth-order valence-electron chi connectivity index (χ4n) is 2.42. The van der Waals surface area contributed by atoms with E-state index in [0.717, 1.165) is 16.4 Å². The molecular weight excluding hydrogens is 431 g/mol. The maximum Gasteiger partial charge on any atom is 0.418 e. The maximum atomic E-state index is 13.1. The number of carbonyl (C=O) groups is 1. The number of hydrogen-bond acceptors (Lipinski definition) is 4. The van der Waals surface area contributed by atoms with Crippen molar-refractivity contribution < 1.29 is 26.4 Å². The van der Waals surface area contributed by atoms with Crippen molar-refractivity contribution >= 4 is 38.9 Å². The Morgan fingerprint density at radius 1 is 1.14 bits per heavy atom. The van der Waals surface area contributed by atoms with E-state index in [1.807, 2.05) is 0 Å². The lowest BCUT2D eigenvalue weighted by Crippen LogP contribution is -2.25. The van der Waals surface area contributed by atoms with Gasteiger partial charge in [-0.3, -0.25) is 4.79 Å². The topological polar surface area (TPSA) is 78.5 Å². The molecule has 0 aliphatic heterocycles. The lowest BCUT2D eigenvalue weighted by atomic mass is 10.1. The standard InChI is InChI=1S/C18H19ClF3N3O3S/c1-11-4-6-13(9-16(11)29(27,28)25(2)3)23-10-17(26)24-15-7-5-12(19)8-14(15)18(20,21)22/h4-9,23H,10H2,1-3H3,(H,24,26). The van der Waals surface area contributed by atoms with E-state index in [4.69, 9.17) is 11.6 Å². The number of nitrogens with zero attached hydrogens (tertiary/aromatic N) is 1. The Labute approximate surface area is 171 Å². The van der Waals surface area contributed by atoms with Gasteiger partial charge in [0.05, 0.1) is 22.7 Å². The summed E-state index contributed by atoms with van der Waals surface area (Å²) >= 11 is 5.61. The van der Waals surface area contributed by atoms with E-state index in [9.17, 15) is 26.4 Å². The van der Waals surface area contributed by atoms with Crippen molar-refractivity contribution in [3.63, 3.8) is 0 Å². The summed E-state index contributed by atoms with van der Waals surface area (Å²) in [6.45, 7) is 1.26. The molecule has 29 heavy (non-hydrogen) atoms. The van der Waals surface area contributed by atoms with E-state index in [-0.39, 0.29) is 16.5 Å². The average Bonchev–Trinajstić information content (AvgIpc) is 2.61. The Morgan fingerprint density at radius 2 is 1.79 bits per heavy atom. The summed E-state index contributed by atoms with van der Waals surface area (Å²) in [4.78, 5) is 12.2. The van der Waals surface area contributed by atoms with E-state index in [1.54, 1.807) is 19.1 Å². The molecule has 0 aromatic heterocycles. The number of benzene rings is 2. The molecule has 0 unspecified atom stereocenters. The van der Waals surface area contributed by atoms with Crippen molar-refractivity contribution in [2.24, 2.45) is 0 Å². The van der Waals surface area contributed by atoms with Crippen LogP contribution >= 0.6 is 11.6 Å². The number of rotatable bonds is 6. The number of alkyl halides is 3. The third-order valence-corrected chi connectivity index (χ3v) is 6.15. The normalized spacial score (nSPS) is 12.1. The van der Waals surface area contributed by atoms with Gasteiger partial charge in [-0.2, -0.15) is 13.2 Å². The fourth-order valence-corrected chi connectivity index (χ4v) is 3.74. The Bertz CT molecular complexity index is 1020. The van der Waals surface area contributed by atoms with E-state index >= 15 is 0 Å². The van der Waals surface area contributed by atoms with Gasteiger partial charge in [-0.25, -0.2) is 12.7 Å². The van der Waals surface area contributed by atoms with Crippen LogP contribution in [0.2, 0.25) is 5.02 Å². The molecule has 2 aromatic rings. The van der Waals surface area contributed by atoms with Crippen LogP contribution in [0.4, 0.5) is 24.5 Å². The summed E-state index contributed by atoms with van der Waals surface area (Å²) in [6, 6.07) is 7.53. The smallest absolute Gasteiger partial charge is 0.376 e. The maximum absolute atomic E-state index is 13.1. The first-order valence-corrected chi connectivity index (χ1v) is 10.1. The molecule has 0 saturated carbocycles. The Morgan fingerprint density at radius 3 is 2.38 bits per heavy atom. The molecule has 0 heterocycles. The summed E-state index contributed by atoms with van der Waals surface area (Å²) in [5.74, 6) is -0.740. The monoisotopic (exact) mass is 449 g/mol. The van der Waals surface area contributed by atoms with Gasteiger partial charge in [-0.15, -0.1) is 0 Å². The van der Waals surface area contributed by atoms with E-state index < -0.39 is 33.4 Å². The van der Waals surface area contributed by atoms with Crippen molar-refractivity contribution in [3.8, 4) is 0 Å². The number of hydrogen-bond donors (Lipinski definition) is 2. The van der Waals surface area contributed by atoms with E-state index in [0.29, 0.717) is 11.3 Å². The number of aryl methyl sites for hydroxylation is 1.